The van der Waals surface area contributed by atoms with Crippen LogP contribution >= 0.6 is 0 Å². The maximum atomic E-state index is 13.4. The van der Waals surface area contributed by atoms with Crippen LogP contribution in [0.5, 0.6) is 0 Å². The van der Waals surface area contributed by atoms with Crippen molar-refractivity contribution in [3.05, 3.63) is 81.8 Å². The molecule has 0 saturated carbocycles. The molecular weight excluding hydrogens is 333 g/mol. The second-order valence-electron chi connectivity index (χ2n) is 6.51. The summed E-state index contributed by atoms with van der Waals surface area (Å²) in [5.41, 5.74) is 8.67. The first kappa shape index (κ1) is 16.7. The van der Waals surface area contributed by atoms with Crippen LogP contribution in [-0.2, 0) is 6.54 Å². The van der Waals surface area contributed by atoms with Gasteiger partial charge in [-0.25, -0.2) is 9.18 Å². The van der Waals surface area contributed by atoms with Gasteiger partial charge in [-0.05, 0) is 42.3 Å². The van der Waals surface area contributed by atoms with Gasteiger partial charge in [0.05, 0.1) is 12.2 Å². The summed E-state index contributed by atoms with van der Waals surface area (Å²) in [6, 6.07) is 14.1. The van der Waals surface area contributed by atoms with Gasteiger partial charge < -0.3 is 0 Å². The third kappa shape index (κ3) is 3.18. The molecule has 1 saturated heterocycles. The Morgan fingerprint density at radius 2 is 1.88 bits per heavy atom. The van der Waals surface area contributed by atoms with Crippen molar-refractivity contribution in [2.75, 3.05) is 13.1 Å². The van der Waals surface area contributed by atoms with Crippen LogP contribution in [0.15, 0.2) is 53.3 Å². The van der Waals surface area contributed by atoms with Gasteiger partial charge in [-0.15, -0.1) is 0 Å². The van der Waals surface area contributed by atoms with Crippen molar-refractivity contribution in [1.29, 1.82) is 0 Å². The summed E-state index contributed by atoms with van der Waals surface area (Å²) in [7, 11) is 0. The molecule has 6 nitrogen and oxygen atoms in total. The number of aromatic nitrogens is 3. The lowest BCUT2D eigenvalue weighted by molar-refractivity contribution is 0.621. The highest BCUT2D eigenvalue weighted by Gasteiger charge is 2.17. The van der Waals surface area contributed by atoms with E-state index in [4.69, 9.17) is 0 Å². The minimum absolute atomic E-state index is 0.233. The quantitative estimate of drug-likeness (QED) is 0.750. The van der Waals surface area contributed by atoms with Crippen LogP contribution in [-0.4, -0.2) is 27.4 Å². The number of nitrogens with zero attached hydrogens (tertiary/aromatic N) is 3. The molecule has 2 N–H and O–H groups in total. The molecule has 0 unspecified atom stereocenters. The summed E-state index contributed by atoms with van der Waals surface area (Å²) in [5.74, 6) is 0.702. The van der Waals surface area contributed by atoms with Gasteiger partial charge in [-0.1, -0.05) is 24.3 Å². The molecular formula is C19H20FN5O. The summed E-state index contributed by atoms with van der Waals surface area (Å²) < 4.78 is 16.3. The zero-order chi connectivity index (χ0) is 18.1. The van der Waals surface area contributed by atoms with Gasteiger partial charge in [0.15, 0.2) is 0 Å². The van der Waals surface area contributed by atoms with Crippen LogP contribution in [0.25, 0.3) is 5.69 Å². The summed E-state index contributed by atoms with van der Waals surface area (Å²) in [6.45, 7) is 3.85. The van der Waals surface area contributed by atoms with Crippen LogP contribution in [0.2, 0.25) is 0 Å². The van der Waals surface area contributed by atoms with Gasteiger partial charge in [-0.2, -0.15) is 9.78 Å². The number of hydrogen-bond donors (Lipinski definition) is 2. The molecule has 0 bridgehead atoms. The van der Waals surface area contributed by atoms with E-state index in [9.17, 15) is 9.18 Å². The number of aryl methyl sites for hydroxylation is 1. The minimum Gasteiger partial charge on any atom is -0.274 e. The van der Waals surface area contributed by atoms with Crippen molar-refractivity contribution >= 4 is 0 Å². The van der Waals surface area contributed by atoms with E-state index in [0.29, 0.717) is 18.3 Å². The molecule has 134 valence electrons. The molecule has 1 aliphatic rings. The summed E-state index contributed by atoms with van der Waals surface area (Å²) >= 11 is 0. The zero-order valence-corrected chi connectivity index (χ0v) is 14.4. The van der Waals surface area contributed by atoms with E-state index in [1.807, 2.05) is 24.3 Å². The van der Waals surface area contributed by atoms with E-state index in [-0.39, 0.29) is 11.5 Å². The number of hydrazine groups is 1. The predicted molar refractivity (Wildman–Crippen MR) is 96.8 cm³/mol. The molecule has 0 amide bonds. The first-order valence-electron chi connectivity index (χ1n) is 8.59. The van der Waals surface area contributed by atoms with Crippen LogP contribution in [0, 0.1) is 12.7 Å². The van der Waals surface area contributed by atoms with Gasteiger partial charge in [0.2, 0.25) is 0 Å². The van der Waals surface area contributed by atoms with Gasteiger partial charge in [0.25, 0.3) is 0 Å². The molecule has 26 heavy (non-hydrogen) atoms. The lowest BCUT2D eigenvalue weighted by Gasteiger charge is -2.08. The fraction of sp³-hybridized carbons (Fsp3) is 0.263. The van der Waals surface area contributed by atoms with Crippen LogP contribution in [0.1, 0.15) is 22.9 Å². The lowest BCUT2D eigenvalue weighted by Crippen LogP contribution is -2.24. The Morgan fingerprint density at radius 3 is 2.58 bits per heavy atom. The van der Waals surface area contributed by atoms with E-state index >= 15 is 0 Å². The van der Waals surface area contributed by atoms with Crippen molar-refractivity contribution in [2.24, 2.45) is 0 Å². The van der Waals surface area contributed by atoms with Crippen molar-refractivity contribution in [1.82, 2.24) is 25.2 Å². The molecule has 7 heteroatoms. The van der Waals surface area contributed by atoms with Crippen molar-refractivity contribution in [2.45, 2.75) is 19.4 Å². The Bertz CT molecular complexity index is 970. The predicted octanol–water partition coefficient (Wildman–Crippen LogP) is 1.72. The molecule has 0 atom stereocenters. The van der Waals surface area contributed by atoms with Gasteiger partial charge in [0, 0.05) is 19.0 Å². The normalized spacial score (nSPS) is 14.8. The third-order valence-corrected chi connectivity index (χ3v) is 4.71. The molecule has 0 aliphatic carbocycles. The SMILES string of the molecule is Cc1nn(-c2ccc(C3CNNC3)cc2)c(=O)n1Cc1cccc(F)c1. The molecule has 1 aromatic heterocycles. The first-order chi connectivity index (χ1) is 12.6. The number of halogens is 1. The second-order valence-corrected chi connectivity index (χ2v) is 6.51. The average molecular weight is 353 g/mol. The number of hydrogen-bond acceptors (Lipinski definition) is 4. The highest BCUT2D eigenvalue weighted by Crippen LogP contribution is 2.18. The fourth-order valence-corrected chi connectivity index (χ4v) is 3.25. The molecule has 0 spiro atoms. The summed E-state index contributed by atoms with van der Waals surface area (Å²) in [4.78, 5) is 12.8. The number of rotatable bonds is 4. The van der Waals surface area contributed by atoms with Crippen LogP contribution in [0.3, 0.4) is 0 Å². The Balaban J connectivity index is 1.62. The minimum atomic E-state index is -0.313. The highest BCUT2D eigenvalue weighted by molar-refractivity contribution is 5.35. The number of benzene rings is 2. The topological polar surface area (TPSA) is 63.9 Å². The molecule has 4 rings (SSSR count). The smallest absolute Gasteiger partial charge is 0.274 e. The Morgan fingerprint density at radius 1 is 1.15 bits per heavy atom. The number of nitrogens with one attached hydrogen (secondary N) is 2. The maximum Gasteiger partial charge on any atom is 0.351 e. The van der Waals surface area contributed by atoms with Gasteiger partial charge >= 0.3 is 5.69 Å². The Kier molecular flexibility index (Phi) is 4.40. The van der Waals surface area contributed by atoms with Gasteiger partial charge in [0.1, 0.15) is 11.6 Å². The molecule has 2 aromatic carbocycles. The Hall–Kier alpha value is -2.77. The standard InChI is InChI=1S/C19H20FN5O/c1-13-23-25(18-7-5-15(6-8-18)16-10-21-22-11-16)19(26)24(13)12-14-3-2-4-17(20)9-14/h2-9,16,21-22H,10-12H2,1H3. The highest BCUT2D eigenvalue weighted by atomic mass is 19.1. The first-order valence-corrected chi connectivity index (χ1v) is 8.59. The third-order valence-electron chi connectivity index (χ3n) is 4.71. The molecule has 1 aliphatic heterocycles. The van der Waals surface area contributed by atoms with E-state index in [1.54, 1.807) is 23.6 Å². The molecule has 0 radical (unpaired) electrons. The zero-order valence-electron chi connectivity index (χ0n) is 14.4. The molecule has 1 fully saturated rings. The maximum absolute atomic E-state index is 13.4. The van der Waals surface area contributed by atoms with Crippen molar-refractivity contribution in [3.63, 3.8) is 0 Å². The van der Waals surface area contributed by atoms with Crippen LogP contribution in [0.4, 0.5) is 4.39 Å². The Labute approximate surface area is 150 Å². The van der Waals surface area contributed by atoms with E-state index in [0.717, 1.165) is 24.3 Å². The lowest BCUT2D eigenvalue weighted by atomic mass is 10.0. The van der Waals surface area contributed by atoms with E-state index in [1.165, 1.54) is 22.4 Å². The van der Waals surface area contributed by atoms with Crippen LogP contribution < -0.4 is 16.5 Å². The second kappa shape index (κ2) is 6.86. The summed E-state index contributed by atoms with van der Waals surface area (Å²) in [6.07, 6.45) is 0. The fourth-order valence-electron chi connectivity index (χ4n) is 3.25. The average Bonchev–Trinajstić information content (AvgIpc) is 3.26. The molecule has 2 heterocycles. The van der Waals surface area contributed by atoms with Crippen molar-refractivity contribution in [3.8, 4) is 5.69 Å². The van der Waals surface area contributed by atoms with Gasteiger partial charge in [-0.3, -0.25) is 15.4 Å². The summed E-state index contributed by atoms with van der Waals surface area (Å²) in [5, 5.41) is 4.37. The largest absolute Gasteiger partial charge is 0.351 e. The van der Waals surface area contributed by atoms with Crippen molar-refractivity contribution < 1.29 is 4.39 Å². The van der Waals surface area contributed by atoms with E-state index in [2.05, 4.69) is 16.0 Å². The molecule has 3 aromatic rings. The monoisotopic (exact) mass is 353 g/mol. The van der Waals surface area contributed by atoms with E-state index < -0.39 is 0 Å².